The predicted octanol–water partition coefficient (Wildman–Crippen LogP) is 1.72. The van der Waals surface area contributed by atoms with E-state index in [9.17, 15) is 18.5 Å². The molecule has 6 nitrogen and oxygen atoms in total. The molecule has 1 aromatic rings. The average molecular weight is 266 g/mol. The second kappa shape index (κ2) is 4.77. The molecule has 1 rings (SSSR count). The van der Waals surface area contributed by atoms with Gasteiger partial charge in [0.05, 0.1) is 22.8 Å². The van der Waals surface area contributed by atoms with Crippen LogP contribution in [0.1, 0.15) is 5.56 Å². The zero-order valence-electron chi connectivity index (χ0n) is 8.21. The van der Waals surface area contributed by atoms with Gasteiger partial charge >= 0.3 is 0 Å². The van der Waals surface area contributed by atoms with Crippen LogP contribution >= 0.6 is 11.6 Å². The third-order valence-corrected chi connectivity index (χ3v) is 2.57. The summed E-state index contributed by atoms with van der Waals surface area (Å²) in [5.74, 6) is 0. The van der Waals surface area contributed by atoms with E-state index in [-0.39, 0.29) is 17.3 Å². The number of benzene rings is 1. The van der Waals surface area contributed by atoms with Crippen molar-refractivity contribution >= 4 is 27.4 Å². The van der Waals surface area contributed by atoms with E-state index in [1.54, 1.807) is 0 Å². The molecule has 16 heavy (non-hydrogen) atoms. The maximum Gasteiger partial charge on any atom is 0.270 e. The average Bonchev–Trinajstić information content (AvgIpc) is 2.14. The number of nitrogens with zero attached hydrogens (tertiary/aromatic N) is 1. The van der Waals surface area contributed by atoms with Crippen molar-refractivity contribution in [3.8, 4) is 0 Å². The van der Waals surface area contributed by atoms with Gasteiger partial charge in [-0.2, -0.15) is 8.42 Å². The first-order valence-corrected chi connectivity index (χ1v) is 6.26. The minimum Gasteiger partial charge on any atom is -0.265 e. The van der Waals surface area contributed by atoms with E-state index >= 15 is 0 Å². The van der Waals surface area contributed by atoms with Gasteiger partial charge in [0, 0.05) is 12.1 Å². The number of nitro groups is 1. The van der Waals surface area contributed by atoms with Crippen molar-refractivity contribution in [2.75, 3.05) is 6.26 Å². The third kappa shape index (κ3) is 3.76. The Hall–Kier alpha value is -1.18. The lowest BCUT2D eigenvalue weighted by atomic mass is 10.2. The Labute approximate surface area is 97.1 Å². The highest BCUT2D eigenvalue weighted by Gasteiger charge is 2.11. The molecule has 0 aromatic heterocycles. The topological polar surface area (TPSA) is 86.5 Å². The summed E-state index contributed by atoms with van der Waals surface area (Å²) in [6, 6.07) is 3.72. The first kappa shape index (κ1) is 12.9. The Bertz CT molecular complexity index is 513. The van der Waals surface area contributed by atoms with Gasteiger partial charge < -0.3 is 0 Å². The third-order valence-electron chi connectivity index (χ3n) is 1.68. The van der Waals surface area contributed by atoms with Crippen molar-refractivity contribution in [3.63, 3.8) is 0 Å². The molecule has 0 aliphatic heterocycles. The predicted molar refractivity (Wildman–Crippen MR) is 57.7 cm³/mol. The summed E-state index contributed by atoms with van der Waals surface area (Å²) in [6.07, 6.45) is 0.909. The lowest BCUT2D eigenvalue weighted by Gasteiger charge is -2.03. The van der Waals surface area contributed by atoms with Crippen molar-refractivity contribution in [3.05, 3.63) is 38.9 Å². The molecule has 8 heteroatoms. The second-order valence-electron chi connectivity index (χ2n) is 3.00. The van der Waals surface area contributed by atoms with Gasteiger partial charge in [0.25, 0.3) is 15.8 Å². The number of hydrogen-bond acceptors (Lipinski definition) is 5. The molecule has 0 unspecified atom stereocenters. The SMILES string of the molecule is CS(=O)(=O)OCc1ccc([N+](=O)[O-])cc1Cl. The Balaban J connectivity index is 2.88. The summed E-state index contributed by atoms with van der Waals surface area (Å²) in [5, 5.41) is 10.5. The summed E-state index contributed by atoms with van der Waals surface area (Å²) in [4.78, 5) is 9.81. The number of non-ortho nitro benzene ring substituents is 1. The van der Waals surface area contributed by atoms with E-state index in [0.717, 1.165) is 12.3 Å². The minimum absolute atomic E-state index is 0.0952. The van der Waals surface area contributed by atoms with Crippen molar-refractivity contribution < 1.29 is 17.5 Å². The molecule has 1 aromatic carbocycles. The van der Waals surface area contributed by atoms with Crippen LogP contribution in [0.2, 0.25) is 5.02 Å². The molecule has 0 radical (unpaired) electrons. The van der Waals surface area contributed by atoms with E-state index in [4.69, 9.17) is 11.6 Å². The monoisotopic (exact) mass is 265 g/mol. The Morgan fingerprint density at radius 2 is 2.12 bits per heavy atom. The van der Waals surface area contributed by atoms with E-state index in [1.807, 2.05) is 0 Å². The van der Waals surface area contributed by atoms with E-state index in [1.165, 1.54) is 12.1 Å². The molecule has 0 aliphatic rings. The molecular weight excluding hydrogens is 258 g/mol. The van der Waals surface area contributed by atoms with Crippen molar-refractivity contribution in [2.45, 2.75) is 6.61 Å². The summed E-state index contributed by atoms with van der Waals surface area (Å²) < 4.78 is 25.9. The molecule has 0 N–H and O–H groups in total. The minimum atomic E-state index is -3.56. The molecule has 0 heterocycles. The fourth-order valence-electron chi connectivity index (χ4n) is 0.937. The fraction of sp³-hybridized carbons (Fsp3) is 0.250. The summed E-state index contributed by atoms with van der Waals surface area (Å²) in [5.41, 5.74) is 0.214. The quantitative estimate of drug-likeness (QED) is 0.470. The Morgan fingerprint density at radius 3 is 2.56 bits per heavy atom. The summed E-state index contributed by atoms with van der Waals surface area (Å²) in [6.45, 7) is -0.240. The number of nitro benzene ring substituents is 1. The molecule has 0 spiro atoms. The highest BCUT2D eigenvalue weighted by Crippen LogP contribution is 2.23. The molecule has 0 bridgehead atoms. The smallest absolute Gasteiger partial charge is 0.265 e. The van der Waals surface area contributed by atoms with Crippen LogP contribution in [0, 0.1) is 10.1 Å². The summed E-state index contributed by atoms with van der Waals surface area (Å²) in [7, 11) is -3.56. The largest absolute Gasteiger partial charge is 0.270 e. The normalized spacial score (nSPS) is 11.4. The van der Waals surface area contributed by atoms with Gasteiger partial charge in [-0.05, 0) is 11.6 Å². The molecule has 0 atom stereocenters. The lowest BCUT2D eigenvalue weighted by Crippen LogP contribution is -2.03. The van der Waals surface area contributed by atoms with Gasteiger partial charge in [-0.3, -0.25) is 14.3 Å². The maximum absolute atomic E-state index is 10.7. The highest BCUT2D eigenvalue weighted by atomic mass is 35.5. The molecule has 0 saturated heterocycles. The van der Waals surface area contributed by atoms with Gasteiger partial charge in [-0.1, -0.05) is 11.6 Å². The number of hydrogen-bond donors (Lipinski definition) is 0. The lowest BCUT2D eigenvalue weighted by molar-refractivity contribution is -0.384. The van der Waals surface area contributed by atoms with Gasteiger partial charge in [0.15, 0.2) is 0 Å². The van der Waals surface area contributed by atoms with Gasteiger partial charge in [-0.15, -0.1) is 0 Å². The van der Waals surface area contributed by atoms with Gasteiger partial charge in [0.2, 0.25) is 0 Å². The van der Waals surface area contributed by atoms with E-state index in [0.29, 0.717) is 5.56 Å². The van der Waals surface area contributed by atoms with Crippen LogP contribution in [0.15, 0.2) is 18.2 Å². The summed E-state index contributed by atoms with van der Waals surface area (Å²) >= 11 is 5.72. The van der Waals surface area contributed by atoms with Crippen LogP contribution in [0.25, 0.3) is 0 Å². The molecule has 0 amide bonds. The van der Waals surface area contributed by atoms with E-state index < -0.39 is 15.0 Å². The molecule has 0 aliphatic carbocycles. The fourth-order valence-corrected chi connectivity index (χ4v) is 1.51. The first-order valence-electron chi connectivity index (χ1n) is 4.07. The van der Waals surface area contributed by atoms with Crippen LogP contribution in [-0.2, 0) is 20.9 Å². The zero-order valence-corrected chi connectivity index (χ0v) is 9.79. The molecule has 88 valence electrons. The molecule has 0 saturated carbocycles. The van der Waals surface area contributed by atoms with Crippen molar-refractivity contribution in [1.29, 1.82) is 0 Å². The van der Waals surface area contributed by atoms with Crippen molar-refractivity contribution in [2.24, 2.45) is 0 Å². The Kier molecular flexibility index (Phi) is 3.84. The number of rotatable bonds is 4. The van der Waals surface area contributed by atoms with Crippen LogP contribution in [0.4, 0.5) is 5.69 Å². The molecular formula is C8H8ClNO5S. The molecule has 0 fully saturated rings. The number of halogens is 1. The standard InChI is InChI=1S/C8H8ClNO5S/c1-16(13,14)15-5-6-2-3-7(10(11)12)4-8(6)9/h2-4H,5H2,1H3. The van der Waals surface area contributed by atoms with Crippen LogP contribution in [-0.4, -0.2) is 19.6 Å². The Morgan fingerprint density at radius 1 is 1.50 bits per heavy atom. The van der Waals surface area contributed by atoms with Gasteiger partial charge in [-0.25, -0.2) is 0 Å². The van der Waals surface area contributed by atoms with Crippen LogP contribution < -0.4 is 0 Å². The van der Waals surface area contributed by atoms with E-state index in [2.05, 4.69) is 4.18 Å². The first-order chi connectivity index (χ1) is 7.29. The maximum atomic E-state index is 10.7. The zero-order chi connectivity index (χ0) is 12.3. The van der Waals surface area contributed by atoms with Crippen LogP contribution in [0.5, 0.6) is 0 Å². The van der Waals surface area contributed by atoms with Gasteiger partial charge in [0.1, 0.15) is 0 Å². The van der Waals surface area contributed by atoms with Crippen molar-refractivity contribution in [1.82, 2.24) is 0 Å². The van der Waals surface area contributed by atoms with Crippen LogP contribution in [0.3, 0.4) is 0 Å². The highest BCUT2D eigenvalue weighted by molar-refractivity contribution is 7.85. The second-order valence-corrected chi connectivity index (χ2v) is 5.05.